The summed E-state index contributed by atoms with van der Waals surface area (Å²) < 4.78 is 0. The lowest BCUT2D eigenvalue weighted by Crippen LogP contribution is -2.13. The van der Waals surface area contributed by atoms with Crippen LogP contribution in [0.1, 0.15) is 32.6 Å². The summed E-state index contributed by atoms with van der Waals surface area (Å²) in [5.74, 6) is -0.833. The molecular formula is C7H16ClNO2. The first-order valence-corrected chi connectivity index (χ1v) is 3.58. The molecule has 0 amide bonds. The fourth-order valence-corrected chi connectivity index (χ4v) is 0.957. The maximum Gasteiger partial charge on any atom is 0.300 e. The highest BCUT2D eigenvalue weighted by Crippen LogP contribution is 2.14. The number of aliphatic carboxylic acids is 1. The van der Waals surface area contributed by atoms with Gasteiger partial charge in [-0.05, 0) is 12.8 Å². The van der Waals surface area contributed by atoms with E-state index < -0.39 is 5.97 Å². The van der Waals surface area contributed by atoms with E-state index in [9.17, 15) is 0 Å². The third-order valence-corrected chi connectivity index (χ3v) is 1.40. The van der Waals surface area contributed by atoms with Crippen LogP contribution in [0.25, 0.3) is 0 Å². The van der Waals surface area contributed by atoms with E-state index >= 15 is 0 Å². The molecule has 3 nitrogen and oxygen atoms in total. The lowest BCUT2D eigenvalue weighted by atomic mass is 10.3. The first-order valence-electron chi connectivity index (χ1n) is 3.58. The van der Waals surface area contributed by atoms with Gasteiger partial charge in [-0.2, -0.15) is 0 Å². The van der Waals surface area contributed by atoms with E-state index in [-0.39, 0.29) is 12.4 Å². The predicted octanol–water partition coefficient (Wildman–Crippen LogP) is 1.40. The van der Waals surface area contributed by atoms with Crippen LogP contribution in [0.3, 0.4) is 0 Å². The van der Waals surface area contributed by atoms with Crippen LogP contribution in [0, 0.1) is 0 Å². The smallest absolute Gasteiger partial charge is 0.300 e. The van der Waals surface area contributed by atoms with Crippen molar-refractivity contribution in [1.82, 2.24) is 0 Å². The van der Waals surface area contributed by atoms with Crippen molar-refractivity contribution in [3.63, 3.8) is 0 Å². The van der Waals surface area contributed by atoms with Crippen LogP contribution in [0.4, 0.5) is 0 Å². The summed E-state index contributed by atoms with van der Waals surface area (Å²) >= 11 is 0. The summed E-state index contributed by atoms with van der Waals surface area (Å²) in [6.45, 7) is 1.08. The molecule has 0 aromatic heterocycles. The molecule has 0 radical (unpaired) electrons. The Labute approximate surface area is 73.4 Å². The lowest BCUT2D eigenvalue weighted by Gasteiger charge is -1.92. The molecule has 3 N–H and O–H groups in total. The Hall–Kier alpha value is -0.280. The van der Waals surface area contributed by atoms with E-state index in [1.807, 2.05) is 0 Å². The Morgan fingerprint density at radius 1 is 1.45 bits per heavy atom. The van der Waals surface area contributed by atoms with E-state index in [0.29, 0.717) is 6.04 Å². The average molecular weight is 182 g/mol. The van der Waals surface area contributed by atoms with Gasteiger partial charge in [-0.15, -0.1) is 12.4 Å². The minimum atomic E-state index is -0.833. The van der Waals surface area contributed by atoms with Crippen LogP contribution in [0.2, 0.25) is 0 Å². The molecule has 0 aliphatic heterocycles. The number of carboxylic acid groups (broad SMARTS) is 1. The van der Waals surface area contributed by atoms with Gasteiger partial charge in [-0.3, -0.25) is 4.79 Å². The van der Waals surface area contributed by atoms with Gasteiger partial charge in [0.1, 0.15) is 0 Å². The summed E-state index contributed by atoms with van der Waals surface area (Å²) in [6, 6.07) is 0.546. The van der Waals surface area contributed by atoms with Crippen molar-refractivity contribution in [2.24, 2.45) is 5.73 Å². The molecule has 0 atom stereocenters. The van der Waals surface area contributed by atoms with Gasteiger partial charge in [0.2, 0.25) is 0 Å². The van der Waals surface area contributed by atoms with E-state index in [4.69, 9.17) is 15.6 Å². The highest BCUT2D eigenvalue weighted by atomic mass is 35.5. The van der Waals surface area contributed by atoms with Gasteiger partial charge in [-0.25, -0.2) is 0 Å². The van der Waals surface area contributed by atoms with E-state index in [0.717, 1.165) is 6.92 Å². The number of carboxylic acids is 1. The van der Waals surface area contributed by atoms with Gasteiger partial charge in [0.25, 0.3) is 5.97 Å². The molecule has 0 unspecified atom stereocenters. The molecule has 4 heteroatoms. The van der Waals surface area contributed by atoms with Crippen LogP contribution >= 0.6 is 12.4 Å². The third kappa shape index (κ3) is 12.8. The summed E-state index contributed by atoms with van der Waals surface area (Å²) in [5, 5.41) is 7.42. The summed E-state index contributed by atoms with van der Waals surface area (Å²) in [7, 11) is 0. The Balaban J connectivity index is 0. The maximum absolute atomic E-state index is 9.00. The van der Waals surface area contributed by atoms with Gasteiger partial charge in [0.15, 0.2) is 0 Å². The zero-order valence-corrected chi connectivity index (χ0v) is 7.56. The molecule has 1 fully saturated rings. The highest BCUT2D eigenvalue weighted by molar-refractivity contribution is 5.85. The molecule has 68 valence electrons. The van der Waals surface area contributed by atoms with Crippen molar-refractivity contribution in [2.75, 3.05) is 0 Å². The minimum absolute atomic E-state index is 0. The fourth-order valence-electron chi connectivity index (χ4n) is 0.957. The Morgan fingerprint density at radius 2 is 1.73 bits per heavy atom. The fraction of sp³-hybridized carbons (Fsp3) is 0.857. The van der Waals surface area contributed by atoms with Gasteiger partial charge in [0.05, 0.1) is 0 Å². The number of carbonyl (C=O) groups is 1. The van der Waals surface area contributed by atoms with E-state index in [1.165, 1.54) is 25.7 Å². The number of rotatable bonds is 0. The summed E-state index contributed by atoms with van der Waals surface area (Å²) in [4.78, 5) is 9.00. The van der Waals surface area contributed by atoms with Crippen molar-refractivity contribution in [2.45, 2.75) is 38.6 Å². The van der Waals surface area contributed by atoms with Crippen LogP contribution in [-0.2, 0) is 4.79 Å². The van der Waals surface area contributed by atoms with Gasteiger partial charge in [0, 0.05) is 13.0 Å². The predicted molar refractivity (Wildman–Crippen MR) is 47.0 cm³/mol. The third-order valence-electron chi connectivity index (χ3n) is 1.40. The summed E-state index contributed by atoms with van der Waals surface area (Å²) in [6.07, 6.45) is 5.25. The number of hydrogen-bond donors (Lipinski definition) is 2. The molecule has 0 saturated heterocycles. The SMILES string of the molecule is CC(=O)O.Cl.NC1CCCC1. The van der Waals surface area contributed by atoms with Gasteiger partial charge >= 0.3 is 0 Å². The molecule has 1 saturated carbocycles. The van der Waals surface area contributed by atoms with Crippen LogP contribution in [-0.4, -0.2) is 17.1 Å². The zero-order chi connectivity index (χ0) is 7.98. The molecule has 0 aromatic rings. The van der Waals surface area contributed by atoms with Crippen molar-refractivity contribution in [3.8, 4) is 0 Å². The maximum atomic E-state index is 9.00. The molecule has 0 heterocycles. The van der Waals surface area contributed by atoms with Crippen molar-refractivity contribution in [1.29, 1.82) is 0 Å². The highest BCUT2D eigenvalue weighted by Gasteiger charge is 2.07. The standard InChI is InChI=1S/C5H11N.C2H4O2.ClH/c6-5-3-1-2-4-5;1-2(3)4;/h5H,1-4,6H2;1H3,(H,3,4);1H. The van der Waals surface area contributed by atoms with Crippen LogP contribution in [0.15, 0.2) is 0 Å². The largest absolute Gasteiger partial charge is 0.481 e. The molecule has 0 bridgehead atoms. The van der Waals surface area contributed by atoms with Crippen molar-refractivity contribution in [3.05, 3.63) is 0 Å². The van der Waals surface area contributed by atoms with E-state index in [1.54, 1.807) is 0 Å². The second-order valence-electron chi connectivity index (χ2n) is 2.56. The van der Waals surface area contributed by atoms with E-state index in [2.05, 4.69) is 0 Å². The first-order chi connectivity index (χ1) is 4.63. The molecule has 1 aliphatic carbocycles. The monoisotopic (exact) mass is 181 g/mol. The number of hydrogen-bond acceptors (Lipinski definition) is 2. The summed E-state index contributed by atoms with van der Waals surface area (Å²) in [5.41, 5.74) is 5.53. The molecule has 0 aromatic carbocycles. The average Bonchev–Trinajstić information content (AvgIpc) is 2.15. The van der Waals surface area contributed by atoms with Crippen molar-refractivity contribution < 1.29 is 9.90 Å². The molecule has 1 aliphatic rings. The van der Waals surface area contributed by atoms with Gasteiger partial charge in [-0.1, -0.05) is 12.8 Å². The quantitative estimate of drug-likeness (QED) is 0.594. The second kappa shape index (κ2) is 7.82. The topological polar surface area (TPSA) is 63.3 Å². The zero-order valence-electron chi connectivity index (χ0n) is 6.75. The Morgan fingerprint density at radius 3 is 1.82 bits per heavy atom. The number of halogens is 1. The second-order valence-corrected chi connectivity index (χ2v) is 2.56. The molecule has 11 heavy (non-hydrogen) atoms. The normalized spacial score (nSPS) is 16.2. The van der Waals surface area contributed by atoms with Crippen LogP contribution < -0.4 is 5.73 Å². The van der Waals surface area contributed by atoms with Crippen LogP contribution in [0.5, 0.6) is 0 Å². The number of nitrogens with two attached hydrogens (primary N) is 1. The van der Waals surface area contributed by atoms with Crippen molar-refractivity contribution >= 4 is 18.4 Å². The Kier molecular flexibility index (Phi) is 9.47. The minimum Gasteiger partial charge on any atom is -0.481 e. The van der Waals surface area contributed by atoms with Gasteiger partial charge < -0.3 is 10.8 Å². The molecule has 1 rings (SSSR count). The molecule has 0 spiro atoms. The lowest BCUT2D eigenvalue weighted by molar-refractivity contribution is -0.134. The Bertz CT molecular complexity index is 98.6. The first kappa shape index (κ1) is 13.3. The molecular weight excluding hydrogens is 166 g/mol.